The summed E-state index contributed by atoms with van der Waals surface area (Å²) >= 11 is 0. The van der Waals surface area contributed by atoms with Gasteiger partial charge in [0.2, 0.25) is 0 Å². The summed E-state index contributed by atoms with van der Waals surface area (Å²) in [4.78, 5) is 24.3. The van der Waals surface area contributed by atoms with E-state index in [-0.39, 0.29) is 12.2 Å². The smallest absolute Gasteiger partial charge is 0.320 e. The Balaban J connectivity index is 3.42. The Morgan fingerprint density at radius 1 is 1.53 bits per heavy atom. The standard InChI is InChI=1S/C15H18O4/c1-5-9-15(11(3)16,14(17)18-4)12(6-2)13-8-7-10-19-13/h5-8,10,12H,1-2,9H2,3-4H3. The summed E-state index contributed by atoms with van der Waals surface area (Å²) in [7, 11) is 1.26. The Bertz CT molecular complexity index is 472. The van der Waals surface area contributed by atoms with Gasteiger partial charge in [0.1, 0.15) is 17.0 Å². The largest absolute Gasteiger partial charge is 0.469 e. The molecular formula is C15H18O4. The van der Waals surface area contributed by atoms with Gasteiger partial charge < -0.3 is 9.15 Å². The highest BCUT2D eigenvalue weighted by Gasteiger charge is 2.50. The fourth-order valence-electron chi connectivity index (χ4n) is 2.28. The monoisotopic (exact) mass is 262 g/mol. The number of hydrogen-bond acceptors (Lipinski definition) is 4. The van der Waals surface area contributed by atoms with Gasteiger partial charge in [-0.15, -0.1) is 13.2 Å². The first-order valence-corrected chi connectivity index (χ1v) is 5.90. The summed E-state index contributed by atoms with van der Waals surface area (Å²) in [5.74, 6) is -1.01. The molecule has 4 heteroatoms. The second kappa shape index (κ2) is 6.18. The van der Waals surface area contributed by atoms with Crippen molar-refractivity contribution in [2.45, 2.75) is 19.3 Å². The summed E-state index contributed by atoms with van der Waals surface area (Å²) in [5, 5.41) is 0. The summed E-state index contributed by atoms with van der Waals surface area (Å²) < 4.78 is 10.1. The van der Waals surface area contributed by atoms with E-state index in [4.69, 9.17) is 9.15 Å². The van der Waals surface area contributed by atoms with Crippen molar-refractivity contribution in [1.82, 2.24) is 0 Å². The molecule has 0 saturated heterocycles. The van der Waals surface area contributed by atoms with Crippen LogP contribution in [0.1, 0.15) is 25.0 Å². The molecule has 0 aromatic carbocycles. The van der Waals surface area contributed by atoms with E-state index >= 15 is 0 Å². The fraction of sp³-hybridized carbons (Fsp3) is 0.333. The lowest BCUT2D eigenvalue weighted by Gasteiger charge is -2.32. The topological polar surface area (TPSA) is 56.5 Å². The predicted molar refractivity (Wildman–Crippen MR) is 71.6 cm³/mol. The Labute approximate surface area is 112 Å². The molecule has 0 radical (unpaired) electrons. The maximum Gasteiger partial charge on any atom is 0.320 e. The lowest BCUT2D eigenvalue weighted by molar-refractivity contribution is -0.158. The van der Waals surface area contributed by atoms with Crippen molar-refractivity contribution in [1.29, 1.82) is 0 Å². The minimum absolute atomic E-state index is 0.159. The highest BCUT2D eigenvalue weighted by Crippen LogP contribution is 2.42. The van der Waals surface area contributed by atoms with E-state index in [9.17, 15) is 9.59 Å². The normalized spacial score (nSPS) is 15.1. The van der Waals surface area contributed by atoms with E-state index in [0.717, 1.165) is 0 Å². The van der Waals surface area contributed by atoms with Gasteiger partial charge in [-0.05, 0) is 25.5 Å². The molecule has 0 amide bonds. The van der Waals surface area contributed by atoms with Crippen molar-refractivity contribution in [2.75, 3.05) is 7.11 Å². The average Bonchev–Trinajstić information content (AvgIpc) is 2.91. The summed E-state index contributed by atoms with van der Waals surface area (Å²) in [6.45, 7) is 8.69. The first kappa shape index (κ1) is 15.0. The number of esters is 1. The van der Waals surface area contributed by atoms with Crippen LogP contribution in [0.15, 0.2) is 48.1 Å². The molecule has 19 heavy (non-hydrogen) atoms. The van der Waals surface area contributed by atoms with Crippen molar-refractivity contribution in [3.05, 3.63) is 49.5 Å². The number of ketones is 1. The number of allylic oxidation sites excluding steroid dienone is 2. The highest BCUT2D eigenvalue weighted by atomic mass is 16.5. The van der Waals surface area contributed by atoms with Crippen molar-refractivity contribution >= 4 is 11.8 Å². The second-order valence-corrected chi connectivity index (χ2v) is 4.24. The van der Waals surface area contributed by atoms with Gasteiger partial charge in [0, 0.05) is 0 Å². The number of furan rings is 1. The number of hydrogen-bond donors (Lipinski definition) is 0. The van der Waals surface area contributed by atoms with Gasteiger partial charge in [0.25, 0.3) is 0 Å². The van der Waals surface area contributed by atoms with Crippen LogP contribution < -0.4 is 0 Å². The summed E-state index contributed by atoms with van der Waals surface area (Å²) in [6, 6.07) is 3.40. The molecule has 1 heterocycles. The molecule has 0 bridgehead atoms. The van der Waals surface area contributed by atoms with E-state index in [0.29, 0.717) is 5.76 Å². The molecular weight excluding hydrogens is 244 g/mol. The predicted octanol–water partition coefficient (Wildman–Crippen LogP) is 2.87. The molecule has 0 aliphatic heterocycles. The van der Waals surface area contributed by atoms with Crippen LogP contribution in [-0.2, 0) is 14.3 Å². The van der Waals surface area contributed by atoms with Gasteiger partial charge in [0.15, 0.2) is 0 Å². The zero-order chi connectivity index (χ0) is 14.5. The van der Waals surface area contributed by atoms with Gasteiger partial charge in [-0.3, -0.25) is 9.59 Å². The van der Waals surface area contributed by atoms with Crippen LogP contribution in [0, 0.1) is 5.41 Å². The molecule has 0 fully saturated rings. The molecule has 1 aromatic rings. The lowest BCUT2D eigenvalue weighted by atomic mass is 9.69. The van der Waals surface area contributed by atoms with Crippen molar-refractivity contribution in [3.63, 3.8) is 0 Å². The third kappa shape index (κ3) is 2.52. The second-order valence-electron chi connectivity index (χ2n) is 4.24. The molecule has 4 nitrogen and oxygen atoms in total. The molecule has 0 saturated carbocycles. The summed E-state index contributed by atoms with van der Waals surface area (Å²) in [6.07, 6.45) is 4.70. The van der Waals surface area contributed by atoms with E-state index < -0.39 is 17.3 Å². The molecule has 0 N–H and O–H groups in total. The van der Waals surface area contributed by atoms with Gasteiger partial charge in [-0.25, -0.2) is 0 Å². The lowest BCUT2D eigenvalue weighted by Crippen LogP contribution is -2.43. The Morgan fingerprint density at radius 3 is 2.58 bits per heavy atom. The van der Waals surface area contributed by atoms with Gasteiger partial charge in [0.05, 0.1) is 19.3 Å². The molecule has 0 aliphatic rings. The van der Waals surface area contributed by atoms with Crippen LogP contribution in [-0.4, -0.2) is 18.9 Å². The van der Waals surface area contributed by atoms with E-state index in [1.807, 2.05) is 0 Å². The van der Waals surface area contributed by atoms with E-state index in [2.05, 4.69) is 13.2 Å². The molecule has 1 aromatic heterocycles. The van der Waals surface area contributed by atoms with E-state index in [1.54, 1.807) is 12.1 Å². The Hall–Kier alpha value is -2.10. The Morgan fingerprint density at radius 2 is 2.21 bits per heavy atom. The zero-order valence-electron chi connectivity index (χ0n) is 11.2. The molecule has 0 spiro atoms. The molecule has 1 rings (SSSR count). The summed E-state index contributed by atoms with van der Waals surface area (Å²) in [5.41, 5.74) is -1.38. The quantitative estimate of drug-likeness (QED) is 0.430. The maximum absolute atomic E-state index is 12.2. The number of carbonyl (C=O) groups excluding carboxylic acids is 2. The van der Waals surface area contributed by atoms with Crippen LogP contribution in [0.2, 0.25) is 0 Å². The zero-order valence-corrected chi connectivity index (χ0v) is 11.2. The highest BCUT2D eigenvalue weighted by molar-refractivity contribution is 6.04. The van der Waals surface area contributed by atoms with Gasteiger partial charge in [-0.1, -0.05) is 12.2 Å². The molecule has 2 unspecified atom stereocenters. The van der Waals surface area contributed by atoms with Crippen LogP contribution in [0.25, 0.3) is 0 Å². The number of methoxy groups -OCH3 is 1. The maximum atomic E-state index is 12.2. The third-order valence-corrected chi connectivity index (χ3v) is 3.26. The van der Waals surface area contributed by atoms with Crippen LogP contribution in [0.4, 0.5) is 0 Å². The molecule has 2 atom stereocenters. The fourth-order valence-corrected chi connectivity index (χ4v) is 2.28. The Kier molecular flexibility index (Phi) is 4.87. The van der Waals surface area contributed by atoms with Crippen molar-refractivity contribution in [2.24, 2.45) is 5.41 Å². The molecule has 0 aliphatic carbocycles. The van der Waals surface area contributed by atoms with Crippen LogP contribution in [0.3, 0.4) is 0 Å². The first-order valence-electron chi connectivity index (χ1n) is 5.90. The first-order chi connectivity index (χ1) is 9.04. The third-order valence-electron chi connectivity index (χ3n) is 3.26. The van der Waals surface area contributed by atoms with Gasteiger partial charge >= 0.3 is 5.97 Å². The van der Waals surface area contributed by atoms with Crippen molar-refractivity contribution < 1.29 is 18.7 Å². The average molecular weight is 262 g/mol. The molecule has 102 valence electrons. The van der Waals surface area contributed by atoms with Crippen LogP contribution in [0.5, 0.6) is 0 Å². The SMILES string of the molecule is C=CCC(C(C)=O)(C(=O)OC)C(C=C)c1ccco1. The minimum atomic E-state index is -1.38. The number of ether oxygens (including phenoxy) is 1. The van der Waals surface area contributed by atoms with E-state index in [1.165, 1.54) is 32.4 Å². The number of Topliss-reactive ketones (excluding diaryl/α,β-unsaturated/α-hetero) is 1. The number of rotatable bonds is 7. The van der Waals surface area contributed by atoms with Crippen LogP contribution >= 0.6 is 0 Å². The minimum Gasteiger partial charge on any atom is -0.469 e. The number of carbonyl (C=O) groups is 2. The van der Waals surface area contributed by atoms with Gasteiger partial charge in [-0.2, -0.15) is 0 Å². The van der Waals surface area contributed by atoms with Crippen molar-refractivity contribution in [3.8, 4) is 0 Å².